The van der Waals surface area contributed by atoms with Gasteiger partial charge in [-0.3, -0.25) is 4.79 Å². The molecule has 0 fully saturated rings. The molecule has 0 N–H and O–H groups in total. The Morgan fingerprint density at radius 1 is 0.807 bits per heavy atom. The number of ketones is 1. The van der Waals surface area contributed by atoms with Crippen LogP contribution >= 0.6 is 0 Å². The van der Waals surface area contributed by atoms with Crippen LogP contribution in [0.25, 0.3) is 0 Å². The number of hydrogen-bond acceptors (Lipinski definition) is 6. The largest absolute Gasteiger partial charge is 0.497 e. The number of ether oxygens (including phenoxy) is 2. The molecule has 1 aromatic carbocycles. The van der Waals surface area contributed by atoms with Crippen molar-refractivity contribution in [2.75, 3.05) is 7.11 Å². The predicted molar refractivity (Wildman–Crippen MR) is 253 cm³/mol. The molecule has 0 radical (unpaired) electrons. The number of carbonyl (C=O) groups is 1. The molecule has 6 nitrogen and oxygen atoms in total. The number of benzene rings is 1. The summed E-state index contributed by atoms with van der Waals surface area (Å²) in [6.45, 7) is 47.2. The van der Waals surface area contributed by atoms with E-state index in [2.05, 4.69) is 147 Å². The van der Waals surface area contributed by atoms with Crippen LogP contribution in [0, 0.1) is 11.8 Å². The van der Waals surface area contributed by atoms with Gasteiger partial charge in [0.05, 0.1) is 25.9 Å². The van der Waals surface area contributed by atoms with Crippen LogP contribution in [0.5, 0.6) is 5.75 Å². The molecule has 0 amide bonds. The molecule has 0 aliphatic carbocycles. The van der Waals surface area contributed by atoms with Crippen molar-refractivity contribution in [2.45, 2.75) is 207 Å². The van der Waals surface area contributed by atoms with Crippen LogP contribution in [0.3, 0.4) is 0 Å². The fourth-order valence-corrected chi connectivity index (χ4v) is 12.6. The van der Waals surface area contributed by atoms with E-state index < -0.39 is 30.6 Å². The minimum absolute atomic E-state index is 0.0158. The van der Waals surface area contributed by atoms with Gasteiger partial charge >= 0.3 is 0 Å². The summed E-state index contributed by atoms with van der Waals surface area (Å²) in [5, 5.41) is 0.224. The van der Waals surface area contributed by atoms with Crippen molar-refractivity contribution in [1.82, 2.24) is 0 Å². The smallest absolute Gasteiger partial charge is 0.193 e. The maximum Gasteiger partial charge on any atom is 0.193 e. The van der Waals surface area contributed by atoms with Gasteiger partial charge in [0.15, 0.2) is 30.7 Å². The Morgan fingerprint density at radius 3 is 1.81 bits per heavy atom. The zero-order valence-corrected chi connectivity index (χ0v) is 43.2. The first-order chi connectivity index (χ1) is 26.1. The fraction of sp³-hybridized carbons (Fsp3) is 0.729. The number of methoxy groups -OCH3 is 1. The third-order valence-corrected chi connectivity index (χ3v) is 27.3. The average Bonchev–Trinajstić information content (AvgIpc) is 3.11. The van der Waals surface area contributed by atoms with Gasteiger partial charge in [-0.15, -0.1) is 6.58 Å². The second-order valence-electron chi connectivity index (χ2n) is 20.1. The molecule has 0 unspecified atom stereocenters. The quantitative estimate of drug-likeness (QED) is 0.0649. The normalized spacial score (nSPS) is 17.1. The molecule has 0 heterocycles. The molecule has 328 valence electrons. The van der Waals surface area contributed by atoms with Crippen LogP contribution in [-0.2, 0) is 29.4 Å². The molecule has 0 aliphatic heterocycles. The van der Waals surface area contributed by atoms with E-state index in [1.54, 1.807) is 7.11 Å². The maximum atomic E-state index is 14.5. The topological polar surface area (TPSA) is 63.2 Å². The van der Waals surface area contributed by atoms with E-state index in [9.17, 15) is 4.79 Å². The lowest BCUT2D eigenvalue weighted by Crippen LogP contribution is -2.49. The number of hydrogen-bond donors (Lipinski definition) is 0. The van der Waals surface area contributed by atoms with Gasteiger partial charge in [0, 0.05) is 12.5 Å². The summed E-state index contributed by atoms with van der Waals surface area (Å²) in [6, 6.07) is 11.0. The van der Waals surface area contributed by atoms with E-state index in [4.69, 9.17) is 22.8 Å². The molecule has 1 aromatic rings. The Hall–Kier alpha value is -1.60. The zero-order valence-electron chi connectivity index (χ0n) is 40.2. The number of Topliss-reactive ketones (excluding diaryl/α,β-unsaturated/α-hetero) is 1. The van der Waals surface area contributed by atoms with Crippen molar-refractivity contribution in [2.24, 2.45) is 11.8 Å². The Bertz CT molecular complexity index is 1390. The highest BCUT2D eigenvalue weighted by atomic mass is 28.4. The molecule has 0 saturated carbocycles. The van der Waals surface area contributed by atoms with E-state index in [0.29, 0.717) is 18.9 Å². The van der Waals surface area contributed by atoms with Crippen LogP contribution in [0.1, 0.15) is 128 Å². The summed E-state index contributed by atoms with van der Waals surface area (Å²) in [5.41, 5.74) is 0.941. The minimum Gasteiger partial charge on any atom is -0.497 e. The van der Waals surface area contributed by atoms with Crippen molar-refractivity contribution in [3.05, 3.63) is 66.8 Å². The molecular weight excluding hydrogens is 757 g/mol. The van der Waals surface area contributed by atoms with E-state index in [-0.39, 0.29) is 46.5 Å². The molecule has 0 bridgehead atoms. The van der Waals surface area contributed by atoms with Gasteiger partial charge in [-0.2, -0.15) is 0 Å². The van der Waals surface area contributed by atoms with E-state index in [1.165, 1.54) is 0 Å². The third kappa shape index (κ3) is 16.8. The van der Waals surface area contributed by atoms with Gasteiger partial charge in [-0.25, -0.2) is 0 Å². The first kappa shape index (κ1) is 53.4. The van der Waals surface area contributed by atoms with Gasteiger partial charge in [-0.05, 0) is 123 Å². The molecule has 0 saturated heterocycles. The Labute approximate surface area is 355 Å². The average molecular weight is 845 g/mol. The zero-order chi connectivity index (χ0) is 44.0. The first-order valence-electron chi connectivity index (χ1n) is 21.9. The van der Waals surface area contributed by atoms with Gasteiger partial charge in [0.25, 0.3) is 0 Å². The lowest BCUT2D eigenvalue weighted by atomic mass is 9.88. The van der Waals surface area contributed by atoms with Gasteiger partial charge in [0.1, 0.15) is 11.4 Å². The summed E-state index contributed by atoms with van der Waals surface area (Å²) < 4.78 is 32.9. The Balaban J connectivity index is 3.41. The lowest BCUT2D eigenvalue weighted by Gasteiger charge is -2.40. The van der Waals surface area contributed by atoms with Crippen LogP contribution < -0.4 is 4.74 Å². The third-order valence-electron chi connectivity index (χ3n) is 13.4. The second-order valence-corrected chi connectivity index (χ2v) is 34.3. The summed E-state index contributed by atoms with van der Waals surface area (Å²) in [6.07, 6.45) is 9.43. The van der Waals surface area contributed by atoms with Crippen molar-refractivity contribution in [1.29, 1.82) is 0 Å². The highest BCUT2D eigenvalue weighted by molar-refractivity contribution is 6.74. The highest BCUT2D eigenvalue weighted by Crippen LogP contribution is 2.40. The Morgan fingerprint density at radius 2 is 1.33 bits per heavy atom. The molecule has 9 heteroatoms. The van der Waals surface area contributed by atoms with Crippen LogP contribution in [0.15, 0.2) is 61.2 Å². The van der Waals surface area contributed by atoms with Crippen LogP contribution in [-0.4, -0.2) is 61.8 Å². The van der Waals surface area contributed by atoms with Crippen LogP contribution in [0.2, 0.25) is 54.4 Å². The molecule has 1 rings (SSSR count). The van der Waals surface area contributed by atoms with Crippen molar-refractivity contribution in [3.8, 4) is 5.75 Å². The van der Waals surface area contributed by atoms with E-state index in [1.807, 2.05) is 25.1 Å². The molecule has 57 heavy (non-hydrogen) atoms. The van der Waals surface area contributed by atoms with Gasteiger partial charge in [-0.1, -0.05) is 119 Å². The van der Waals surface area contributed by atoms with E-state index >= 15 is 0 Å². The summed E-state index contributed by atoms with van der Waals surface area (Å²) in [4.78, 5) is 14.5. The summed E-state index contributed by atoms with van der Waals surface area (Å²) in [7, 11) is -4.44. The predicted octanol–water partition coefficient (Wildman–Crippen LogP) is 14.3. The minimum atomic E-state index is -2.17. The lowest BCUT2D eigenvalue weighted by molar-refractivity contribution is -0.129. The summed E-state index contributed by atoms with van der Waals surface area (Å²) in [5.74, 6) is 1.38. The maximum absolute atomic E-state index is 14.5. The van der Waals surface area contributed by atoms with Crippen molar-refractivity contribution in [3.63, 3.8) is 0 Å². The first-order valence-corrected chi connectivity index (χ1v) is 30.3. The second kappa shape index (κ2) is 22.8. The number of rotatable bonds is 27. The van der Waals surface area contributed by atoms with Gasteiger partial charge in [0.2, 0.25) is 0 Å². The molecular formula is C48H88O6Si3. The van der Waals surface area contributed by atoms with Crippen molar-refractivity contribution < 1.29 is 27.5 Å². The molecule has 6 atom stereocenters. The monoisotopic (exact) mass is 845 g/mol. The molecule has 0 aliphatic rings. The van der Waals surface area contributed by atoms with Crippen molar-refractivity contribution >= 4 is 30.7 Å². The van der Waals surface area contributed by atoms with Gasteiger partial charge < -0.3 is 22.8 Å². The SMILES string of the molecule is C=CC[C@@H](CC(=C)CC(=O)[C@@](C)(/C=C/C[C@H](C)[C@@H](C[C@H](C)[C@H](C)O[Si](C)(C)C(C)(C)C)OCc1ccc(OC)cc1)O[Si](CC)(CC)CC)O[Si](C)(C)C(C)(C)C. The molecule has 0 aromatic heterocycles. The highest BCUT2D eigenvalue weighted by Gasteiger charge is 2.43. The van der Waals surface area contributed by atoms with Crippen LogP contribution in [0.4, 0.5) is 0 Å². The van der Waals surface area contributed by atoms with E-state index in [0.717, 1.165) is 54.3 Å². The summed E-state index contributed by atoms with van der Waals surface area (Å²) >= 11 is 0. The standard InChI is InChI=1S/C48H88O6Si3/c1-21-26-43(53-56(19,20)47(12,13)14)33-37(5)34-45(49)48(15,54-57(22-2,23-3)24-4)32-25-27-38(6)44(51-36-41-28-30-42(50-16)31-29-41)35-39(7)40(8)52-55(17,18)46(9,10)11/h21,25,28-32,38-40,43-44H,1,5,22-24,26-27,33-36H2,2-4,6-20H3/b32-25+/t38-,39-,40-,43-,44+,48+/m0/s1. The molecule has 0 spiro atoms. The number of allylic oxidation sites excluding steroid dienone is 1. The fourth-order valence-electron chi connectivity index (χ4n) is 6.71. The number of carbonyl (C=O) groups excluding carboxylic acids is 1. The Kier molecular flexibility index (Phi) is 21.4.